The van der Waals surface area contributed by atoms with Crippen molar-refractivity contribution >= 4 is 27.0 Å². The zero-order valence-electron chi connectivity index (χ0n) is 9.80. The van der Waals surface area contributed by atoms with Crippen molar-refractivity contribution < 1.29 is 0 Å². The average Bonchev–Trinajstić information content (AvgIpc) is 2.76. The topological polar surface area (TPSA) is 47.8 Å². The lowest BCUT2D eigenvalue weighted by Crippen LogP contribution is -2.20. The van der Waals surface area contributed by atoms with Gasteiger partial charge in [-0.15, -0.1) is 0 Å². The molecule has 5 heteroatoms. The molecule has 0 saturated carbocycles. The van der Waals surface area contributed by atoms with E-state index in [2.05, 4.69) is 25.9 Å². The molecule has 0 amide bonds. The fourth-order valence-corrected chi connectivity index (χ4v) is 2.92. The van der Waals surface area contributed by atoms with E-state index in [1.807, 2.05) is 18.2 Å². The SMILES string of the molecule is O=c1c2cccnc2nc2n1-c1ccc(Br)cc1C2. The van der Waals surface area contributed by atoms with Crippen LogP contribution in [0.2, 0.25) is 0 Å². The largest absolute Gasteiger partial charge is 0.268 e. The molecule has 2 aromatic heterocycles. The first-order valence-corrected chi connectivity index (χ1v) is 6.69. The lowest BCUT2D eigenvalue weighted by molar-refractivity contribution is 0.908. The summed E-state index contributed by atoms with van der Waals surface area (Å²) >= 11 is 3.45. The van der Waals surface area contributed by atoms with Gasteiger partial charge in [-0.2, -0.15) is 0 Å². The molecule has 4 nitrogen and oxygen atoms in total. The van der Waals surface area contributed by atoms with E-state index >= 15 is 0 Å². The summed E-state index contributed by atoms with van der Waals surface area (Å²) in [6.07, 6.45) is 2.32. The molecule has 19 heavy (non-hydrogen) atoms. The molecule has 1 aliphatic rings. The van der Waals surface area contributed by atoms with Gasteiger partial charge in [-0.25, -0.2) is 9.97 Å². The highest BCUT2D eigenvalue weighted by Gasteiger charge is 2.22. The Labute approximate surface area is 116 Å². The first kappa shape index (κ1) is 10.9. The molecule has 0 unspecified atom stereocenters. The Morgan fingerprint density at radius 3 is 3.05 bits per heavy atom. The maximum atomic E-state index is 12.5. The Morgan fingerprint density at radius 2 is 2.16 bits per heavy atom. The molecule has 0 bridgehead atoms. The second kappa shape index (κ2) is 3.74. The van der Waals surface area contributed by atoms with Gasteiger partial charge in [-0.3, -0.25) is 9.36 Å². The fourth-order valence-electron chi connectivity index (χ4n) is 2.51. The van der Waals surface area contributed by atoms with Crippen molar-refractivity contribution in [2.75, 3.05) is 0 Å². The molecule has 0 atom stereocenters. The fraction of sp³-hybridized carbons (Fsp3) is 0.0714. The summed E-state index contributed by atoms with van der Waals surface area (Å²) in [6, 6.07) is 9.44. The molecule has 4 rings (SSSR count). The molecule has 3 heterocycles. The monoisotopic (exact) mass is 313 g/mol. The average molecular weight is 314 g/mol. The maximum Gasteiger partial charge on any atom is 0.267 e. The van der Waals surface area contributed by atoms with E-state index in [1.165, 1.54) is 0 Å². The van der Waals surface area contributed by atoms with E-state index < -0.39 is 0 Å². The van der Waals surface area contributed by atoms with Crippen molar-refractivity contribution in [1.82, 2.24) is 14.5 Å². The van der Waals surface area contributed by atoms with Crippen molar-refractivity contribution in [2.24, 2.45) is 0 Å². The quantitative estimate of drug-likeness (QED) is 0.501. The summed E-state index contributed by atoms with van der Waals surface area (Å²) in [4.78, 5) is 21.2. The number of rotatable bonds is 0. The van der Waals surface area contributed by atoms with Crippen LogP contribution in [0.5, 0.6) is 0 Å². The van der Waals surface area contributed by atoms with Crippen LogP contribution < -0.4 is 5.56 Å². The van der Waals surface area contributed by atoms with Gasteiger partial charge >= 0.3 is 0 Å². The minimum atomic E-state index is -0.0471. The van der Waals surface area contributed by atoms with Crippen LogP contribution >= 0.6 is 15.9 Å². The summed E-state index contributed by atoms with van der Waals surface area (Å²) in [5.41, 5.74) is 2.50. The molecule has 1 aromatic carbocycles. The van der Waals surface area contributed by atoms with Gasteiger partial charge in [0.1, 0.15) is 5.82 Å². The third-order valence-electron chi connectivity index (χ3n) is 3.34. The maximum absolute atomic E-state index is 12.5. The number of hydrogen-bond acceptors (Lipinski definition) is 3. The molecule has 3 aromatic rings. The standard InChI is InChI=1S/C14H8BrN3O/c15-9-3-4-11-8(6-9)7-12-17-13-10(2-1-5-16-13)14(19)18(11)12/h1-6H,7H2. The molecule has 0 spiro atoms. The van der Waals surface area contributed by atoms with Crippen LogP contribution in [0.15, 0.2) is 45.8 Å². The highest BCUT2D eigenvalue weighted by molar-refractivity contribution is 9.10. The van der Waals surface area contributed by atoms with E-state index in [0.717, 1.165) is 21.5 Å². The lowest BCUT2D eigenvalue weighted by Gasteiger charge is -2.05. The van der Waals surface area contributed by atoms with Crippen LogP contribution in [-0.2, 0) is 6.42 Å². The molecule has 0 fully saturated rings. The van der Waals surface area contributed by atoms with E-state index in [1.54, 1.807) is 22.9 Å². The summed E-state index contributed by atoms with van der Waals surface area (Å²) < 4.78 is 2.70. The van der Waals surface area contributed by atoms with Gasteiger partial charge in [-0.1, -0.05) is 15.9 Å². The summed E-state index contributed by atoms with van der Waals surface area (Å²) in [7, 11) is 0. The minimum Gasteiger partial charge on any atom is -0.268 e. The third-order valence-corrected chi connectivity index (χ3v) is 3.84. The van der Waals surface area contributed by atoms with E-state index in [4.69, 9.17) is 0 Å². The Hall–Kier alpha value is -2.01. The summed E-state index contributed by atoms with van der Waals surface area (Å²) in [6.45, 7) is 0. The first-order chi connectivity index (χ1) is 9.24. The van der Waals surface area contributed by atoms with Gasteiger partial charge in [0.15, 0.2) is 5.65 Å². The third kappa shape index (κ3) is 1.48. The van der Waals surface area contributed by atoms with Gasteiger partial charge < -0.3 is 0 Å². The minimum absolute atomic E-state index is 0.0471. The normalized spacial score (nSPS) is 12.5. The first-order valence-electron chi connectivity index (χ1n) is 5.89. The molecular formula is C14H8BrN3O. The van der Waals surface area contributed by atoms with Crippen molar-refractivity contribution in [3.05, 3.63) is 62.7 Å². The van der Waals surface area contributed by atoms with Crippen molar-refractivity contribution in [2.45, 2.75) is 6.42 Å². The number of aromatic nitrogens is 3. The van der Waals surface area contributed by atoms with E-state index in [0.29, 0.717) is 17.5 Å². The molecule has 1 aliphatic heterocycles. The summed E-state index contributed by atoms with van der Waals surface area (Å²) in [5, 5.41) is 0.557. The Kier molecular flexibility index (Phi) is 2.14. The van der Waals surface area contributed by atoms with Crippen LogP contribution in [0, 0.1) is 0 Å². The molecule has 0 aliphatic carbocycles. The zero-order chi connectivity index (χ0) is 13.0. The van der Waals surface area contributed by atoms with Crippen molar-refractivity contribution in [3.63, 3.8) is 0 Å². The van der Waals surface area contributed by atoms with Crippen LogP contribution in [-0.4, -0.2) is 14.5 Å². The second-order valence-corrected chi connectivity index (χ2v) is 5.41. The number of hydrogen-bond donors (Lipinski definition) is 0. The smallest absolute Gasteiger partial charge is 0.267 e. The predicted molar refractivity (Wildman–Crippen MR) is 75.6 cm³/mol. The van der Waals surface area contributed by atoms with Gasteiger partial charge in [-0.05, 0) is 35.9 Å². The molecular weight excluding hydrogens is 306 g/mol. The Bertz CT molecular complexity index is 885. The molecule has 0 N–H and O–H groups in total. The van der Waals surface area contributed by atoms with E-state index in [9.17, 15) is 4.79 Å². The zero-order valence-corrected chi connectivity index (χ0v) is 11.4. The van der Waals surface area contributed by atoms with Crippen molar-refractivity contribution in [1.29, 1.82) is 0 Å². The van der Waals surface area contributed by atoms with E-state index in [-0.39, 0.29) is 5.56 Å². The van der Waals surface area contributed by atoms with Gasteiger partial charge in [0.25, 0.3) is 5.56 Å². The second-order valence-electron chi connectivity index (χ2n) is 4.49. The van der Waals surface area contributed by atoms with Crippen LogP contribution in [0.25, 0.3) is 16.7 Å². The summed E-state index contributed by atoms with van der Waals surface area (Å²) in [5.74, 6) is 0.754. The van der Waals surface area contributed by atoms with Crippen LogP contribution in [0.4, 0.5) is 0 Å². The molecule has 92 valence electrons. The predicted octanol–water partition coefficient (Wildman–Crippen LogP) is 2.45. The molecule has 0 radical (unpaired) electrons. The number of pyridine rings is 1. The lowest BCUT2D eigenvalue weighted by atomic mass is 10.1. The number of halogens is 1. The van der Waals surface area contributed by atoms with Crippen LogP contribution in [0.1, 0.15) is 11.4 Å². The Balaban J connectivity index is 2.13. The van der Waals surface area contributed by atoms with Crippen LogP contribution in [0.3, 0.4) is 0 Å². The number of nitrogens with zero attached hydrogens (tertiary/aromatic N) is 3. The number of benzene rings is 1. The highest BCUT2D eigenvalue weighted by Crippen LogP contribution is 2.28. The van der Waals surface area contributed by atoms with Gasteiger partial charge in [0.05, 0.1) is 11.1 Å². The molecule has 0 saturated heterocycles. The van der Waals surface area contributed by atoms with Gasteiger partial charge in [0, 0.05) is 17.1 Å². The Morgan fingerprint density at radius 1 is 1.26 bits per heavy atom. The number of fused-ring (bicyclic) bond motifs is 4. The highest BCUT2D eigenvalue weighted by atomic mass is 79.9. The van der Waals surface area contributed by atoms with Crippen molar-refractivity contribution in [3.8, 4) is 5.69 Å². The van der Waals surface area contributed by atoms with Gasteiger partial charge in [0.2, 0.25) is 0 Å².